The topological polar surface area (TPSA) is 79.2 Å². The Morgan fingerprint density at radius 2 is 1.31 bits per heavy atom. The SMILES string of the molecule is CCCCCCCCCCCCCC/C=C/CCOC[C@H]1OC[C@H](O)[C@@H](O)[C@@H]1O. The van der Waals surface area contributed by atoms with Crippen molar-refractivity contribution in [3.05, 3.63) is 12.2 Å². The van der Waals surface area contributed by atoms with Gasteiger partial charge in [0.25, 0.3) is 0 Å². The molecule has 0 spiro atoms. The number of unbranched alkanes of at least 4 members (excludes halogenated alkanes) is 12. The number of rotatable bonds is 18. The van der Waals surface area contributed by atoms with Crippen molar-refractivity contribution in [2.24, 2.45) is 0 Å². The van der Waals surface area contributed by atoms with Crippen LogP contribution in [-0.4, -0.2) is 59.6 Å². The quantitative estimate of drug-likeness (QED) is 0.227. The highest BCUT2D eigenvalue weighted by atomic mass is 16.6. The minimum atomic E-state index is -1.16. The van der Waals surface area contributed by atoms with Crippen LogP contribution in [0.5, 0.6) is 0 Å². The van der Waals surface area contributed by atoms with Crippen molar-refractivity contribution >= 4 is 0 Å². The maximum atomic E-state index is 9.82. The van der Waals surface area contributed by atoms with Crippen molar-refractivity contribution < 1.29 is 24.8 Å². The van der Waals surface area contributed by atoms with E-state index in [1.54, 1.807) is 0 Å². The number of aliphatic hydroxyl groups is 3. The van der Waals surface area contributed by atoms with Crippen LogP contribution in [0.2, 0.25) is 0 Å². The lowest BCUT2D eigenvalue weighted by molar-refractivity contribution is -0.199. The van der Waals surface area contributed by atoms with Crippen LogP contribution in [0.4, 0.5) is 0 Å². The Hall–Kier alpha value is -0.460. The molecule has 1 fully saturated rings. The summed E-state index contributed by atoms with van der Waals surface area (Å²) in [5, 5.41) is 28.9. The summed E-state index contributed by atoms with van der Waals surface area (Å²) < 4.78 is 10.8. The van der Waals surface area contributed by atoms with Crippen molar-refractivity contribution in [1.82, 2.24) is 0 Å². The fourth-order valence-electron chi connectivity index (χ4n) is 3.70. The summed E-state index contributed by atoms with van der Waals surface area (Å²) >= 11 is 0. The minimum absolute atomic E-state index is 0.0329. The lowest BCUT2D eigenvalue weighted by Crippen LogP contribution is -2.54. The van der Waals surface area contributed by atoms with E-state index in [1.165, 1.54) is 77.0 Å². The van der Waals surface area contributed by atoms with E-state index >= 15 is 0 Å². The second-order valence-electron chi connectivity index (χ2n) is 8.43. The van der Waals surface area contributed by atoms with E-state index in [2.05, 4.69) is 19.1 Å². The Balaban J connectivity index is 1.81. The minimum Gasteiger partial charge on any atom is -0.388 e. The molecule has 3 N–H and O–H groups in total. The largest absolute Gasteiger partial charge is 0.388 e. The summed E-state index contributed by atoms with van der Waals surface area (Å²) in [5.74, 6) is 0. The second kappa shape index (κ2) is 18.3. The monoisotopic (exact) mass is 414 g/mol. The number of aliphatic hydroxyl groups excluding tert-OH is 3. The normalized spacial score (nSPS) is 25.1. The van der Waals surface area contributed by atoms with Crippen LogP contribution in [0.15, 0.2) is 12.2 Å². The summed E-state index contributed by atoms with van der Waals surface area (Å²) in [6.45, 7) is 3.11. The summed E-state index contributed by atoms with van der Waals surface area (Å²) in [6.07, 6.45) is 19.1. The Morgan fingerprint density at radius 1 is 0.759 bits per heavy atom. The summed E-state index contributed by atoms with van der Waals surface area (Å²) in [7, 11) is 0. The summed E-state index contributed by atoms with van der Waals surface area (Å²) in [6, 6.07) is 0. The van der Waals surface area contributed by atoms with Crippen LogP contribution >= 0.6 is 0 Å². The first-order chi connectivity index (χ1) is 14.2. The van der Waals surface area contributed by atoms with Crippen LogP contribution in [0, 0.1) is 0 Å². The molecule has 0 aromatic heterocycles. The molecule has 1 rings (SSSR count). The van der Waals surface area contributed by atoms with Gasteiger partial charge in [-0.15, -0.1) is 0 Å². The van der Waals surface area contributed by atoms with E-state index in [0.717, 1.165) is 12.8 Å². The zero-order valence-electron chi connectivity index (χ0n) is 18.6. The predicted octanol–water partition coefficient (Wildman–Crippen LogP) is 4.52. The molecule has 0 amide bonds. The molecule has 0 radical (unpaired) electrons. The van der Waals surface area contributed by atoms with E-state index in [-0.39, 0.29) is 13.2 Å². The molecule has 0 saturated carbocycles. The fraction of sp³-hybridized carbons (Fsp3) is 0.917. The average Bonchev–Trinajstić information content (AvgIpc) is 2.72. The van der Waals surface area contributed by atoms with Gasteiger partial charge in [-0.25, -0.2) is 0 Å². The van der Waals surface area contributed by atoms with Crippen molar-refractivity contribution in [1.29, 1.82) is 0 Å². The van der Waals surface area contributed by atoms with Gasteiger partial charge in [0.15, 0.2) is 0 Å². The summed E-state index contributed by atoms with van der Waals surface area (Å²) in [4.78, 5) is 0. The molecule has 172 valence electrons. The first-order valence-corrected chi connectivity index (χ1v) is 12.0. The van der Waals surface area contributed by atoms with Gasteiger partial charge in [-0.3, -0.25) is 0 Å². The molecule has 0 aliphatic carbocycles. The third-order valence-corrected chi connectivity index (χ3v) is 5.71. The van der Waals surface area contributed by atoms with Gasteiger partial charge in [0.05, 0.1) is 19.8 Å². The van der Waals surface area contributed by atoms with Gasteiger partial charge in [0.2, 0.25) is 0 Å². The van der Waals surface area contributed by atoms with Crippen molar-refractivity contribution in [2.75, 3.05) is 19.8 Å². The first kappa shape index (κ1) is 26.6. The second-order valence-corrected chi connectivity index (χ2v) is 8.43. The molecular weight excluding hydrogens is 368 g/mol. The molecule has 5 heteroatoms. The number of ether oxygens (including phenoxy) is 2. The van der Waals surface area contributed by atoms with Crippen molar-refractivity contribution in [3.63, 3.8) is 0 Å². The molecule has 1 saturated heterocycles. The van der Waals surface area contributed by atoms with Gasteiger partial charge in [-0.05, 0) is 19.3 Å². The van der Waals surface area contributed by atoms with Crippen LogP contribution in [-0.2, 0) is 9.47 Å². The van der Waals surface area contributed by atoms with Crippen molar-refractivity contribution in [3.8, 4) is 0 Å². The van der Waals surface area contributed by atoms with E-state index in [4.69, 9.17) is 9.47 Å². The zero-order valence-corrected chi connectivity index (χ0v) is 18.6. The molecule has 0 bridgehead atoms. The highest BCUT2D eigenvalue weighted by Crippen LogP contribution is 2.16. The maximum absolute atomic E-state index is 9.82. The third kappa shape index (κ3) is 13.5. The molecule has 0 aromatic rings. The van der Waals surface area contributed by atoms with Gasteiger partial charge < -0.3 is 24.8 Å². The Labute approximate surface area is 178 Å². The van der Waals surface area contributed by atoms with E-state index in [0.29, 0.717) is 6.61 Å². The van der Waals surface area contributed by atoms with Gasteiger partial charge in [-0.1, -0.05) is 89.7 Å². The van der Waals surface area contributed by atoms with Crippen molar-refractivity contribution in [2.45, 2.75) is 121 Å². The molecule has 0 aromatic carbocycles. The number of hydrogen-bond donors (Lipinski definition) is 3. The molecule has 29 heavy (non-hydrogen) atoms. The first-order valence-electron chi connectivity index (χ1n) is 12.0. The summed E-state index contributed by atoms with van der Waals surface area (Å²) in [5.41, 5.74) is 0. The Morgan fingerprint density at radius 3 is 1.93 bits per heavy atom. The fourth-order valence-corrected chi connectivity index (χ4v) is 3.70. The zero-order chi connectivity index (χ0) is 21.2. The average molecular weight is 415 g/mol. The van der Waals surface area contributed by atoms with Gasteiger partial charge >= 0.3 is 0 Å². The van der Waals surface area contributed by atoms with E-state index < -0.39 is 24.4 Å². The highest BCUT2D eigenvalue weighted by Gasteiger charge is 2.37. The molecule has 1 heterocycles. The van der Waals surface area contributed by atoms with Gasteiger partial charge in [-0.2, -0.15) is 0 Å². The smallest absolute Gasteiger partial charge is 0.111 e. The number of hydrogen-bond acceptors (Lipinski definition) is 5. The maximum Gasteiger partial charge on any atom is 0.111 e. The predicted molar refractivity (Wildman–Crippen MR) is 118 cm³/mol. The molecule has 5 nitrogen and oxygen atoms in total. The third-order valence-electron chi connectivity index (χ3n) is 5.71. The lowest BCUT2D eigenvalue weighted by Gasteiger charge is -2.35. The Kier molecular flexibility index (Phi) is 16.8. The lowest BCUT2D eigenvalue weighted by atomic mass is 10.0. The van der Waals surface area contributed by atoms with Crippen LogP contribution in [0.1, 0.15) is 96.8 Å². The van der Waals surface area contributed by atoms with Crippen LogP contribution in [0.3, 0.4) is 0 Å². The molecular formula is C24H46O5. The molecule has 1 aliphatic rings. The Bertz CT molecular complexity index is 387. The van der Waals surface area contributed by atoms with Crippen LogP contribution < -0.4 is 0 Å². The standard InChI is InChI=1S/C24H46O5/c1-2-3-4-5-6-7-8-9-10-11-12-13-14-15-16-17-18-28-20-22-24(27)23(26)21(25)19-29-22/h15-16,21-27H,2-14,17-20H2,1H3/b16-15+/t21-,22+,23+,24+/m0/s1. The van der Waals surface area contributed by atoms with Crippen LogP contribution in [0.25, 0.3) is 0 Å². The molecule has 0 unspecified atom stereocenters. The van der Waals surface area contributed by atoms with Gasteiger partial charge in [0, 0.05) is 0 Å². The molecule has 1 aliphatic heterocycles. The highest BCUT2D eigenvalue weighted by molar-refractivity contribution is 4.86. The van der Waals surface area contributed by atoms with E-state index in [9.17, 15) is 15.3 Å². The van der Waals surface area contributed by atoms with Gasteiger partial charge in [0.1, 0.15) is 24.4 Å². The van der Waals surface area contributed by atoms with E-state index in [1.807, 2.05) is 0 Å². The molecule has 4 atom stereocenters. The number of allylic oxidation sites excluding steroid dienone is 1.